The maximum Gasteiger partial charge on any atom is 0.181 e. The molecular formula is C26H23FN4O. The van der Waals surface area contributed by atoms with Crippen molar-refractivity contribution in [2.24, 2.45) is 10.9 Å². The summed E-state index contributed by atoms with van der Waals surface area (Å²) in [5.41, 5.74) is 6.06. The van der Waals surface area contributed by atoms with Gasteiger partial charge in [-0.05, 0) is 54.0 Å². The molecule has 0 radical (unpaired) electrons. The number of halogens is 1. The van der Waals surface area contributed by atoms with E-state index in [1.165, 1.54) is 18.0 Å². The van der Waals surface area contributed by atoms with Crippen LogP contribution in [0.15, 0.2) is 70.8 Å². The van der Waals surface area contributed by atoms with Gasteiger partial charge in [0.2, 0.25) is 0 Å². The Bertz CT molecular complexity index is 1350. The lowest BCUT2D eigenvalue weighted by Gasteiger charge is -2.44. The molecule has 6 rings (SSSR count). The van der Waals surface area contributed by atoms with Crippen molar-refractivity contribution in [1.29, 1.82) is 0 Å². The van der Waals surface area contributed by atoms with E-state index in [2.05, 4.69) is 42.0 Å². The van der Waals surface area contributed by atoms with Crippen LogP contribution in [0.4, 0.5) is 4.39 Å². The van der Waals surface area contributed by atoms with Crippen LogP contribution in [-0.4, -0.2) is 20.2 Å². The Labute approximate surface area is 185 Å². The average Bonchev–Trinajstić information content (AvgIpc) is 3.41. The predicted octanol–water partition coefficient (Wildman–Crippen LogP) is 5.71. The van der Waals surface area contributed by atoms with E-state index in [-0.39, 0.29) is 11.2 Å². The Morgan fingerprint density at radius 2 is 1.97 bits per heavy atom. The normalized spacial score (nSPS) is 21.8. The molecule has 0 N–H and O–H groups in total. The highest BCUT2D eigenvalue weighted by molar-refractivity contribution is 6.15. The zero-order valence-electron chi connectivity index (χ0n) is 18.0. The largest absolute Gasteiger partial charge is 0.442 e. The summed E-state index contributed by atoms with van der Waals surface area (Å²) in [6.07, 6.45) is 7.15. The number of oxazole rings is 1. The van der Waals surface area contributed by atoms with Gasteiger partial charge in [0.05, 0.1) is 29.8 Å². The lowest BCUT2D eigenvalue weighted by atomic mass is 9.60. The number of fused-ring (bicyclic) bond motifs is 3. The Morgan fingerprint density at radius 1 is 1.12 bits per heavy atom. The van der Waals surface area contributed by atoms with E-state index >= 15 is 0 Å². The molecule has 1 fully saturated rings. The third-order valence-electron chi connectivity index (χ3n) is 6.85. The summed E-state index contributed by atoms with van der Waals surface area (Å²) >= 11 is 0. The number of imidazole rings is 1. The first kappa shape index (κ1) is 19.2. The van der Waals surface area contributed by atoms with Gasteiger partial charge in [0.15, 0.2) is 12.2 Å². The van der Waals surface area contributed by atoms with Crippen LogP contribution in [0.25, 0.3) is 17.1 Å². The molecule has 5 nitrogen and oxygen atoms in total. The lowest BCUT2D eigenvalue weighted by Crippen LogP contribution is -2.37. The first-order valence-corrected chi connectivity index (χ1v) is 10.9. The van der Waals surface area contributed by atoms with Crippen LogP contribution < -0.4 is 0 Å². The van der Waals surface area contributed by atoms with Gasteiger partial charge >= 0.3 is 0 Å². The standard InChI is InChI=1S/C26H23FN4O/c1-16-10-26(2,11-16)17-7-8-21-19(9-17)24(18-5-3-4-6-20(18)27)29-12-22-25(30-14-31(21)22)23-13-28-15-32-23/h3-9,13-16H,10-12H2,1-2H3. The summed E-state index contributed by atoms with van der Waals surface area (Å²) in [6, 6.07) is 13.4. The Morgan fingerprint density at radius 3 is 2.72 bits per heavy atom. The minimum atomic E-state index is -0.272. The fourth-order valence-corrected chi connectivity index (χ4v) is 5.42. The van der Waals surface area contributed by atoms with Crippen molar-refractivity contribution in [2.75, 3.05) is 0 Å². The number of rotatable bonds is 3. The van der Waals surface area contributed by atoms with Gasteiger partial charge in [0.25, 0.3) is 0 Å². The van der Waals surface area contributed by atoms with E-state index < -0.39 is 0 Å². The first-order chi connectivity index (χ1) is 15.5. The number of benzene rings is 2. The van der Waals surface area contributed by atoms with Gasteiger partial charge in [0.1, 0.15) is 17.8 Å². The molecule has 32 heavy (non-hydrogen) atoms. The SMILES string of the molecule is CC1CC(C)(c2ccc3c(c2)C(c2ccccc2F)=NCc2c(-c4cnco4)ncn2-3)C1. The van der Waals surface area contributed by atoms with Crippen LogP contribution in [0, 0.1) is 11.7 Å². The molecule has 3 heterocycles. The lowest BCUT2D eigenvalue weighted by molar-refractivity contribution is 0.178. The summed E-state index contributed by atoms with van der Waals surface area (Å²) in [5, 5.41) is 0. The van der Waals surface area contributed by atoms with Gasteiger partial charge in [-0.2, -0.15) is 0 Å². The highest BCUT2D eigenvalue weighted by Crippen LogP contribution is 2.48. The monoisotopic (exact) mass is 426 g/mol. The molecule has 160 valence electrons. The van der Waals surface area contributed by atoms with E-state index in [9.17, 15) is 4.39 Å². The van der Waals surface area contributed by atoms with Crippen molar-refractivity contribution >= 4 is 5.71 Å². The Balaban J connectivity index is 1.57. The molecule has 0 bridgehead atoms. The van der Waals surface area contributed by atoms with Crippen LogP contribution in [0.5, 0.6) is 0 Å². The molecule has 4 aromatic rings. The maximum atomic E-state index is 14.9. The van der Waals surface area contributed by atoms with Gasteiger partial charge < -0.3 is 4.42 Å². The van der Waals surface area contributed by atoms with E-state index in [0.717, 1.165) is 35.7 Å². The topological polar surface area (TPSA) is 56.2 Å². The Hall–Kier alpha value is -3.54. The molecule has 0 unspecified atom stereocenters. The second kappa shape index (κ2) is 6.99. The van der Waals surface area contributed by atoms with E-state index in [0.29, 0.717) is 29.3 Å². The van der Waals surface area contributed by atoms with Crippen LogP contribution in [-0.2, 0) is 12.0 Å². The highest BCUT2D eigenvalue weighted by atomic mass is 19.1. The smallest absolute Gasteiger partial charge is 0.181 e. The minimum absolute atomic E-state index is 0.143. The van der Waals surface area contributed by atoms with E-state index in [4.69, 9.17) is 9.41 Å². The van der Waals surface area contributed by atoms with Crippen molar-refractivity contribution in [3.05, 3.63) is 89.6 Å². The van der Waals surface area contributed by atoms with Crippen LogP contribution in [0.3, 0.4) is 0 Å². The van der Waals surface area contributed by atoms with E-state index in [1.807, 2.05) is 10.6 Å². The summed E-state index contributed by atoms with van der Waals surface area (Å²) < 4.78 is 22.4. The molecule has 2 aliphatic rings. The zero-order valence-corrected chi connectivity index (χ0v) is 18.0. The van der Waals surface area contributed by atoms with Gasteiger partial charge in [-0.3, -0.25) is 9.56 Å². The number of hydrogen-bond donors (Lipinski definition) is 0. The highest BCUT2D eigenvalue weighted by Gasteiger charge is 2.39. The number of aliphatic imine (C=N–C) groups is 1. The first-order valence-electron chi connectivity index (χ1n) is 10.9. The summed E-state index contributed by atoms with van der Waals surface area (Å²) in [5.74, 6) is 1.05. The predicted molar refractivity (Wildman–Crippen MR) is 121 cm³/mol. The molecule has 0 amide bonds. The molecule has 1 aliphatic carbocycles. The average molecular weight is 426 g/mol. The van der Waals surface area contributed by atoms with Crippen molar-refractivity contribution in [3.8, 4) is 17.1 Å². The minimum Gasteiger partial charge on any atom is -0.442 e. The fourth-order valence-electron chi connectivity index (χ4n) is 5.42. The van der Waals surface area contributed by atoms with Gasteiger partial charge in [-0.25, -0.2) is 14.4 Å². The molecule has 0 atom stereocenters. The van der Waals surface area contributed by atoms with Gasteiger partial charge in [-0.1, -0.05) is 32.0 Å². The van der Waals surface area contributed by atoms with Crippen molar-refractivity contribution in [3.63, 3.8) is 0 Å². The van der Waals surface area contributed by atoms with Crippen LogP contribution >= 0.6 is 0 Å². The molecule has 6 heteroatoms. The Kier molecular flexibility index (Phi) is 4.18. The molecule has 0 saturated heterocycles. The maximum absolute atomic E-state index is 14.9. The molecular weight excluding hydrogens is 403 g/mol. The van der Waals surface area contributed by atoms with Crippen molar-refractivity contribution < 1.29 is 8.81 Å². The molecule has 1 saturated carbocycles. The molecule has 2 aromatic carbocycles. The fraction of sp³-hybridized carbons (Fsp3) is 0.269. The third-order valence-corrected chi connectivity index (χ3v) is 6.85. The van der Waals surface area contributed by atoms with Crippen molar-refractivity contribution in [1.82, 2.24) is 14.5 Å². The molecule has 0 spiro atoms. The quantitative estimate of drug-likeness (QED) is 0.422. The summed E-state index contributed by atoms with van der Waals surface area (Å²) in [4.78, 5) is 13.5. The number of nitrogens with zero attached hydrogens (tertiary/aromatic N) is 4. The summed E-state index contributed by atoms with van der Waals surface area (Å²) in [6.45, 7) is 4.97. The number of aromatic nitrogens is 3. The van der Waals surface area contributed by atoms with Crippen LogP contribution in [0.2, 0.25) is 0 Å². The van der Waals surface area contributed by atoms with Gasteiger partial charge in [0, 0.05) is 11.1 Å². The van der Waals surface area contributed by atoms with Gasteiger partial charge in [-0.15, -0.1) is 0 Å². The second-order valence-electron chi connectivity index (χ2n) is 9.23. The second-order valence-corrected chi connectivity index (χ2v) is 9.23. The summed E-state index contributed by atoms with van der Waals surface area (Å²) in [7, 11) is 0. The molecule has 2 aromatic heterocycles. The third kappa shape index (κ3) is 2.86. The van der Waals surface area contributed by atoms with Crippen LogP contribution in [0.1, 0.15) is 49.1 Å². The zero-order chi connectivity index (χ0) is 21.9. The number of hydrogen-bond acceptors (Lipinski definition) is 4. The van der Waals surface area contributed by atoms with Crippen molar-refractivity contribution in [2.45, 2.75) is 38.6 Å². The van der Waals surface area contributed by atoms with E-state index in [1.54, 1.807) is 24.7 Å². The molecule has 1 aliphatic heterocycles.